The average molecular weight is 292 g/mol. The third-order valence-corrected chi connectivity index (χ3v) is 2.89. The molecule has 0 radical (unpaired) electrons. The summed E-state index contributed by atoms with van der Waals surface area (Å²) in [5, 5.41) is 2.33. The summed E-state index contributed by atoms with van der Waals surface area (Å²) in [7, 11) is 0. The Morgan fingerprint density at radius 1 is 1.35 bits per heavy atom. The maximum atomic E-state index is 13.4. The topological polar surface area (TPSA) is 55.1 Å². The van der Waals surface area contributed by atoms with Crippen LogP contribution in [0.15, 0.2) is 18.2 Å². The van der Waals surface area contributed by atoms with E-state index in [1.54, 1.807) is 0 Å². The molecule has 1 aromatic rings. The summed E-state index contributed by atoms with van der Waals surface area (Å²) < 4.78 is 51.0. The maximum Gasteiger partial charge on any atom is 0.416 e. The largest absolute Gasteiger partial charge is 0.416 e. The van der Waals surface area contributed by atoms with E-state index in [1.165, 1.54) is 0 Å². The lowest BCUT2D eigenvalue weighted by molar-refractivity contribution is -0.137. The van der Waals surface area contributed by atoms with Crippen molar-refractivity contribution >= 4 is 5.91 Å². The predicted molar refractivity (Wildman–Crippen MR) is 66.5 cm³/mol. The molecule has 0 aromatic heterocycles. The number of nitrogens with two attached hydrogens (primary N) is 1. The van der Waals surface area contributed by atoms with Gasteiger partial charge in [0.25, 0.3) is 5.91 Å². The first kappa shape index (κ1) is 16.4. The Labute approximate surface area is 114 Å². The van der Waals surface area contributed by atoms with E-state index in [0.29, 0.717) is 18.2 Å². The minimum atomic E-state index is -4.63. The summed E-state index contributed by atoms with van der Waals surface area (Å²) >= 11 is 0. The molecule has 3 N–H and O–H groups in total. The standard InChI is InChI=1S/C13H16F4N2O/c1-7(2)11(18)6-19-12(20)9-5-8(13(15,16)17)3-4-10(9)14/h3-5,7,11H,6,18H2,1-2H3,(H,19,20). The van der Waals surface area contributed by atoms with Crippen molar-refractivity contribution in [1.82, 2.24) is 5.32 Å². The number of rotatable bonds is 4. The Bertz CT molecular complexity index is 486. The van der Waals surface area contributed by atoms with Crippen molar-refractivity contribution in [3.63, 3.8) is 0 Å². The van der Waals surface area contributed by atoms with Crippen molar-refractivity contribution < 1.29 is 22.4 Å². The van der Waals surface area contributed by atoms with Gasteiger partial charge in [0.05, 0.1) is 11.1 Å². The van der Waals surface area contributed by atoms with Gasteiger partial charge in [0, 0.05) is 12.6 Å². The van der Waals surface area contributed by atoms with E-state index >= 15 is 0 Å². The number of carbonyl (C=O) groups is 1. The van der Waals surface area contributed by atoms with Gasteiger partial charge in [-0.1, -0.05) is 13.8 Å². The second-order valence-electron chi connectivity index (χ2n) is 4.81. The van der Waals surface area contributed by atoms with Gasteiger partial charge in [0.1, 0.15) is 5.82 Å². The van der Waals surface area contributed by atoms with Crippen LogP contribution in [0.25, 0.3) is 0 Å². The van der Waals surface area contributed by atoms with Crippen molar-refractivity contribution in [2.45, 2.75) is 26.1 Å². The zero-order chi connectivity index (χ0) is 15.5. The summed E-state index contributed by atoms with van der Waals surface area (Å²) in [6.45, 7) is 3.73. The highest BCUT2D eigenvalue weighted by atomic mass is 19.4. The molecular formula is C13H16F4N2O. The number of hydrogen-bond donors (Lipinski definition) is 2. The van der Waals surface area contributed by atoms with E-state index in [4.69, 9.17) is 5.73 Å². The van der Waals surface area contributed by atoms with Crippen molar-refractivity contribution in [3.05, 3.63) is 35.1 Å². The van der Waals surface area contributed by atoms with Crippen LogP contribution < -0.4 is 11.1 Å². The zero-order valence-electron chi connectivity index (χ0n) is 11.1. The summed E-state index contributed by atoms with van der Waals surface area (Å²) in [6, 6.07) is 1.35. The Morgan fingerprint density at radius 3 is 2.45 bits per heavy atom. The molecule has 0 bridgehead atoms. The monoisotopic (exact) mass is 292 g/mol. The third kappa shape index (κ3) is 4.19. The lowest BCUT2D eigenvalue weighted by atomic mass is 10.1. The molecule has 0 saturated carbocycles. The van der Waals surface area contributed by atoms with E-state index in [1.807, 2.05) is 13.8 Å². The molecule has 1 aromatic carbocycles. The van der Waals surface area contributed by atoms with Crippen LogP contribution >= 0.6 is 0 Å². The summed E-state index contributed by atoms with van der Waals surface area (Å²) in [5.74, 6) is -1.83. The molecule has 3 nitrogen and oxygen atoms in total. The van der Waals surface area contributed by atoms with Crippen LogP contribution in [0.2, 0.25) is 0 Å². The van der Waals surface area contributed by atoms with E-state index in [0.717, 1.165) is 0 Å². The number of carbonyl (C=O) groups excluding carboxylic acids is 1. The maximum absolute atomic E-state index is 13.4. The number of alkyl halides is 3. The van der Waals surface area contributed by atoms with E-state index in [2.05, 4.69) is 5.32 Å². The van der Waals surface area contributed by atoms with Crippen molar-refractivity contribution in [1.29, 1.82) is 0 Å². The lowest BCUT2D eigenvalue weighted by Crippen LogP contribution is -2.40. The fourth-order valence-electron chi connectivity index (χ4n) is 1.42. The van der Waals surface area contributed by atoms with Gasteiger partial charge in [-0.25, -0.2) is 4.39 Å². The van der Waals surface area contributed by atoms with Crippen LogP contribution in [-0.4, -0.2) is 18.5 Å². The number of amides is 1. The highest BCUT2D eigenvalue weighted by Crippen LogP contribution is 2.30. The fourth-order valence-corrected chi connectivity index (χ4v) is 1.42. The molecule has 0 fully saturated rings. The van der Waals surface area contributed by atoms with Gasteiger partial charge in [-0.05, 0) is 24.1 Å². The third-order valence-electron chi connectivity index (χ3n) is 2.89. The first-order valence-corrected chi connectivity index (χ1v) is 6.03. The molecule has 0 heterocycles. The summed E-state index contributed by atoms with van der Waals surface area (Å²) in [4.78, 5) is 11.7. The van der Waals surface area contributed by atoms with Gasteiger partial charge in [0.2, 0.25) is 0 Å². The predicted octanol–water partition coefficient (Wildman–Crippen LogP) is 2.56. The van der Waals surface area contributed by atoms with E-state index in [-0.39, 0.29) is 18.5 Å². The van der Waals surface area contributed by atoms with Crippen molar-refractivity contribution in [2.75, 3.05) is 6.54 Å². The molecular weight excluding hydrogens is 276 g/mol. The average Bonchev–Trinajstić information content (AvgIpc) is 2.34. The van der Waals surface area contributed by atoms with E-state index < -0.39 is 29.0 Å². The van der Waals surface area contributed by atoms with Gasteiger partial charge in [0.15, 0.2) is 0 Å². The second-order valence-corrected chi connectivity index (χ2v) is 4.81. The van der Waals surface area contributed by atoms with Gasteiger partial charge >= 0.3 is 6.18 Å². The van der Waals surface area contributed by atoms with Crippen LogP contribution in [0.4, 0.5) is 17.6 Å². The molecule has 1 rings (SSSR count). The molecule has 0 spiro atoms. The first-order chi connectivity index (χ1) is 9.12. The SMILES string of the molecule is CC(C)C(N)CNC(=O)c1cc(C(F)(F)F)ccc1F. The second kappa shape index (κ2) is 6.21. The summed E-state index contributed by atoms with van der Waals surface area (Å²) in [5.41, 5.74) is 3.98. The Balaban J connectivity index is 2.87. The van der Waals surface area contributed by atoms with Crippen LogP contribution in [0.5, 0.6) is 0 Å². The molecule has 1 amide bonds. The highest BCUT2D eigenvalue weighted by molar-refractivity contribution is 5.94. The number of benzene rings is 1. The molecule has 0 aliphatic rings. The minimum Gasteiger partial charge on any atom is -0.350 e. The molecule has 0 aliphatic heterocycles. The Hall–Kier alpha value is -1.63. The quantitative estimate of drug-likeness (QED) is 0.838. The molecule has 20 heavy (non-hydrogen) atoms. The Kier molecular flexibility index (Phi) is 5.10. The molecule has 1 atom stereocenters. The van der Waals surface area contributed by atoms with E-state index in [9.17, 15) is 22.4 Å². The molecule has 0 saturated heterocycles. The molecule has 112 valence electrons. The molecule has 0 aliphatic carbocycles. The van der Waals surface area contributed by atoms with Crippen LogP contribution in [0.1, 0.15) is 29.8 Å². The molecule has 1 unspecified atom stereocenters. The van der Waals surface area contributed by atoms with Crippen molar-refractivity contribution in [2.24, 2.45) is 11.7 Å². The van der Waals surface area contributed by atoms with Crippen LogP contribution in [-0.2, 0) is 6.18 Å². The van der Waals surface area contributed by atoms with Crippen LogP contribution in [0.3, 0.4) is 0 Å². The van der Waals surface area contributed by atoms with Crippen LogP contribution in [0, 0.1) is 11.7 Å². The summed E-state index contributed by atoms with van der Waals surface area (Å²) in [6.07, 6.45) is -4.63. The number of halogens is 4. The normalized spacial score (nSPS) is 13.4. The minimum absolute atomic E-state index is 0.0617. The van der Waals surface area contributed by atoms with Gasteiger partial charge in [-0.3, -0.25) is 4.79 Å². The first-order valence-electron chi connectivity index (χ1n) is 6.03. The highest BCUT2D eigenvalue weighted by Gasteiger charge is 2.31. The van der Waals surface area contributed by atoms with Gasteiger partial charge < -0.3 is 11.1 Å². The lowest BCUT2D eigenvalue weighted by Gasteiger charge is -2.16. The smallest absolute Gasteiger partial charge is 0.350 e. The molecule has 7 heteroatoms. The zero-order valence-corrected chi connectivity index (χ0v) is 11.1. The van der Waals surface area contributed by atoms with Crippen molar-refractivity contribution in [3.8, 4) is 0 Å². The van der Waals surface area contributed by atoms with Gasteiger partial charge in [-0.2, -0.15) is 13.2 Å². The number of hydrogen-bond acceptors (Lipinski definition) is 2. The fraction of sp³-hybridized carbons (Fsp3) is 0.462. The Morgan fingerprint density at radius 2 is 1.95 bits per heavy atom. The van der Waals surface area contributed by atoms with Gasteiger partial charge in [-0.15, -0.1) is 0 Å². The number of nitrogens with one attached hydrogen (secondary N) is 1.